The van der Waals surface area contributed by atoms with E-state index in [1.165, 1.54) is 6.92 Å². The van der Waals surface area contributed by atoms with Crippen molar-refractivity contribution >= 4 is 0 Å². The summed E-state index contributed by atoms with van der Waals surface area (Å²) in [7, 11) is 0. The number of hydrogen-bond acceptors (Lipinski definition) is 2. The molecule has 0 bridgehead atoms. The number of alkyl halides is 3. The molecule has 0 amide bonds. The molecule has 0 aromatic heterocycles. The average Bonchev–Trinajstić information content (AvgIpc) is 2.06. The molecular weight excluding hydrogens is 171 g/mol. The molecule has 0 aromatic rings. The largest absolute Gasteiger partial charge is 0.408 e. The molecule has 1 saturated heterocycles. The first-order valence-electron chi connectivity index (χ1n) is 3.78. The van der Waals surface area contributed by atoms with Gasteiger partial charge in [-0.3, -0.25) is 0 Å². The van der Waals surface area contributed by atoms with E-state index in [-0.39, 0.29) is 6.42 Å². The summed E-state index contributed by atoms with van der Waals surface area (Å²) in [6.45, 7) is 2.95. The van der Waals surface area contributed by atoms with Crippen LogP contribution in [-0.2, 0) is 4.74 Å². The zero-order chi connectivity index (χ0) is 9.57. The Morgan fingerprint density at radius 2 is 1.92 bits per heavy atom. The third kappa shape index (κ3) is 1.31. The van der Waals surface area contributed by atoms with Crippen LogP contribution in [0.1, 0.15) is 20.3 Å². The summed E-state index contributed by atoms with van der Waals surface area (Å²) in [5.41, 5.74) is 3.06. The van der Waals surface area contributed by atoms with Gasteiger partial charge in [-0.25, -0.2) is 0 Å². The monoisotopic (exact) mass is 183 g/mol. The van der Waals surface area contributed by atoms with Crippen LogP contribution in [0, 0.1) is 0 Å². The van der Waals surface area contributed by atoms with E-state index in [1.807, 2.05) is 0 Å². The van der Waals surface area contributed by atoms with Crippen LogP contribution >= 0.6 is 0 Å². The van der Waals surface area contributed by atoms with Crippen molar-refractivity contribution in [2.75, 3.05) is 0 Å². The van der Waals surface area contributed by atoms with Crippen LogP contribution in [-0.4, -0.2) is 23.9 Å². The smallest absolute Gasteiger partial charge is 0.373 e. The Balaban J connectivity index is 2.85. The molecule has 72 valence electrons. The Morgan fingerprint density at radius 3 is 2.08 bits per heavy atom. The van der Waals surface area contributed by atoms with Gasteiger partial charge in [0.05, 0.1) is 12.2 Å². The van der Waals surface area contributed by atoms with Crippen molar-refractivity contribution < 1.29 is 17.9 Å². The zero-order valence-corrected chi connectivity index (χ0v) is 6.98. The van der Waals surface area contributed by atoms with Crippen LogP contribution in [0.4, 0.5) is 13.2 Å². The molecule has 0 aromatic carbocycles. The van der Waals surface area contributed by atoms with E-state index in [0.29, 0.717) is 0 Å². The second kappa shape index (κ2) is 2.60. The number of hydrogen-bond donors (Lipinski definition) is 1. The Bertz CT molecular complexity index is 182. The minimum Gasteiger partial charge on any atom is -0.373 e. The molecule has 3 unspecified atom stereocenters. The van der Waals surface area contributed by atoms with Gasteiger partial charge in [0.25, 0.3) is 0 Å². The molecule has 0 radical (unpaired) electrons. The highest BCUT2D eigenvalue weighted by molar-refractivity contribution is 5.02. The predicted octanol–water partition coefficient (Wildman–Crippen LogP) is 1.44. The molecule has 0 spiro atoms. The van der Waals surface area contributed by atoms with Crippen molar-refractivity contribution in [3.63, 3.8) is 0 Å². The maximum atomic E-state index is 12.4. The fourth-order valence-corrected chi connectivity index (χ4v) is 1.51. The lowest BCUT2D eigenvalue weighted by atomic mass is 9.91. The first-order valence-corrected chi connectivity index (χ1v) is 3.78. The Morgan fingerprint density at radius 1 is 1.42 bits per heavy atom. The van der Waals surface area contributed by atoms with Gasteiger partial charge in [0.15, 0.2) is 0 Å². The van der Waals surface area contributed by atoms with Crippen molar-refractivity contribution in [1.82, 2.24) is 0 Å². The first kappa shape index (κ1) is 9.80. The van der Waals surface area contributed by atoms with Crippen LogP contribution in [0.15, 0.2) is 0 Å². The minimum atomic E-state index is -4.38. The van der Waals surface area contributed by atoms with Gasteiger partial charge in [-0.15, -0.1) is 0 Å². The molecule has 2 nitrogen and oxygen atoms in total. The van der Waals surface area contributed by atoms with Crippen molar-refractivity contribution in [1.29, 1.82) is 0 Å². The molecule has 1 rings (SSSR count). The van der Waals surface area contributed by atoms with Crippen molar-refractivity contribution in [2.24, 2.45) is 5.73 Å². The highest BCUT2D eigenvalue weighted by atomic mass is 19.4. The molecule has 1 aliphatic heterocycles. The second-order valence-corrected chi connectivity index (χ2v) is 3.33. The summed E-state index contributed by atoms with van der Waals surface area (Å²) in [6.07, 6.45) is -5.89. The topological polar surface area (TPSA) is 35.2 Å². The summed E-state index contributed by atoms with van der Waals surface area (Å²) in [4.78, 5) is 0. The third-order valence-electron chi connectivity index (χ3n) is 2.31. The van der Waals surface area contributed by atoms with Gasteiger partial charge >= 0.3 is 6.18 Å². The molecular formula is C7H12F3NO. The Kier molecular flexibility index (Phi) is 2.12. The summed E-state index contributed by atoms with van der Waals surface area (Å²) < 4.78 is 42.0. The maximum absolute atomic E-state index is 12.4. The zero-order valence-electron chi connectivity index (χ0n) is 6.98. The lowest BCUT2D eigenvalue weighted by molar-refractivity contribution is -0.196. The quantitative estimate of drug-likeness (QED) is 0.616. The summed E-state index contributed by atoms with van der Waals surface area (Å²) in [5, 5.41) is 0. The van der Waals surface area contributed by atoms with Crippen molar-refractivity contribution in [3.8, 4) is 0 Å². The van der Waals surface area contributed by atoms with Crippen LogP contribution < -0.4 is 5.73 Å². The van der Waals surface area contributed by atoms with Gasteiger partial charge in [-0.05, 0) is 13.8 Å². The van der Waals surface area contributed by atoms with Gasteiger partial charge in [-0.2, -0.15) is 13.2 Å². The van der Waals surface area contributed by atoms with Crippen molar-refractivity contribution in [3.05, 3.63) is 0 Å². The van der Waals surface area contributed by atoms with E-state index in [2.05, 4.69) is 0 Å². The highest BCUT2D eigenvalue weighted by Crippen LogP contribution is 2.40. The molecule has 1 heterocycles. The van der Waals surface area contributed by atoms with Crippen LogP contribution in [0.5, 0.6) is 0 Å². The Labute approximate surface area is 68.9 Å². The maximum Gasteiger partial charge on any atom is 0.408 e. The standard InChI is InChI=1S/C7H12F3NO/c1-4-3-6(11,5(2)12-4)7(8,9)10/h4-5H,3,11H2,1-2H3. The second-order valence-electron chi connectivity index (χ2n) is 3.33. The van der Waals surface area contributed by atoms with E-state index in [1.54, 1.807) is 6.92 Å². The van der Waals surface area contributed by atoms with Gasteiger partial charge in [-0.1, -0.05) is 0 Å². The molecule has 0 aliphatic carbocycles. The molecule has 3 atom stereocenters. The van der Waals surface area contributed by atoms with Gasteiger partial charge in [0.1, 0.15) is 5.54 Å². The summed E-state index contributed by atoms with van der Waals surface area (Å²) in [5.74, 6) is 0. The van der Waals surface area contributed by atoms with Crippen LogP contribution in [0.2, 0.25) is 0 Å². The summed E-state index contributed by atoms with van der Waals surface area (Å²) >= 11 is 0. The fourth-order valence-electron chi connectivity index (χ4n) is 1.51. The minimum absolute atomic E-state index is 0.155. The predicted molar refractivity (Wildman–Crippen MR) is 37.6 cm³/mol. The number of halogens is 3. The molecule has 5 heteroatoms. The van der Waals surface area contributed by atoms with Gasteiger partial charge in [0, 0.05) is 6.42 Å². The SMILES string of the molecule is CC1CC(N)(C(F)(F)F)C(C)O1. The van der Waals surface area contributed by atoms with Crippen LogP contribution in [0.25, 0.3) is 0 Å². The van der Waals surface area contributed by atoms with E-state index in [4.69, 9.17) is 10.5 Å². The van der Waals surface area contributed by atoms with Crippen molar-refractivity contribution in [2.45, 2.75) is 44.2 Å². The summed E-state index contributed by atoms with van der Waals surface area (Å²) in [6, 6.07) is 0. The number of ether oxygens (including phenoxy) is 1. The fraction of sp³-hybridized carbons (Fsp3) is 1.00. The first-order chi connectivity index (χ1) is 5.27. The van der Waals surface area contributed by atoms with Gasteiger partial charge < -0.3 is 10.5 Å². The molecule has 0 saturated carbocycles. The number of rotatable bonds is 0. The lowest BCUT2D eigenvalue weighted by Crippen LogP contribution is -2.58. The molecule has 12 heavy (non-hydrogen) atoms. The highest BCUT2D eigenvalue weighted by Gasteiger charge is 2.59. The van der Waals surface area contributed by atoms with E-state index in [0.717, 1.165) is 0 Å². The molecule has 2 N–H and O–H groups in total. The van der Waals surface area contributed by atoms with Gasteiger partial charge in [0.2, 0.25) is 0 Å². The number of nitrogens with two attached hydrogens (primary N) is 1. The Hall–Kier alpha value is -0.290. The third-order valence-corrected chi connectivity index (χ3v) is 2.31. The molecule has 1 aliphatic rings. The lowest BCUT2D eigenvalue weighted by Gasteiger charge is -2.29. The average molecular weight is 183 g/mol. The normalized spacial score (nSPS) is 43.5. The van der Waals surface area contributed by atoms with E-state index < -0.39 is 23.9 Å². The van der Waals surface area contributed by atoms with E-state index >= 15 is 0 Å². The van der Waals surface area contributed by atoms with Crippen LogP contribution in [0.3, 0.4) is 0 Å². The van der Waals surface area contributed by atoms with E-state index in [9.17, 15) is 13.2 Å². The molecule has 1 fully saturated rings.